The molecule has 0 amide bonds. The Labute approximate surface area is 92.6 Å². The number of benzene rings is 1. The van der Waals surface area contributed by atoms with Crippen LogP contribution in [0.4, 0.5) is 24.5 Å². The van der Waals surface area contributed by atoms with E-state index < -0.39 is 18.6 Å². The minimum atomic E-state index is -4.16. The van der Waals surface area contributed by atoms with Crippen LogP contribution in [0, 0.1) is 6.92 Å². The maximum Gasteiger partial charge on any atom is 0.391 e. The van der Waals surface area contributed by atoms with E-state index in [4.69, 9.17) is 5.73 Å². The van der Waals surface area contributed by atoms with Crippen molar-refractivity contribution in [3.8, 4) is 0 Å². The van der Waals surface area contributed by atoms with Crippen LogP contribution in [0.5, 0.6) is 0 Å². The number of alkyl halides is 3. The molecule has 0 saturated heterocycles. The number of para-hydroxylation sites is 1. The average Bonchev–Trinajstić information content (AvgIpc) is 2.08. The third kappa shape index (κ3) is 3.64. The van der Waals surface area contributed by atoms with Crippen molar-refractivity contribution in [2.75, 3.05) is 11.1 Å². The van der Waals surface area contributed by atoms with E-state index in [1.807, 2.05) is 0 Å². The number of nitrogens with two attached hydrogens (primary N) is 1. The van der Waals surface area contributed by atoms with Gasteiger partial charge >= 0.3 is 6.18 Å². The summed E-state index contributed by atoms with van der Waals surface area (Å²) in [5, 5.41) is 2.79. The first kappa shape index (κ1) is 12.7. The summed E-state index contributed by atoms with van der Waals surface area (Å²) in [7, 11) is 0. The predicted molar refractivity (Wildman–Crippen MR) is 59.3 cm³/mol. The minimum absolute atomic E-state index is 0.467. The number of nitrogens with one attached hydrogen (secondary N) is 1. The quantitative estimate of drug-likeness (QED) is 0.784. The Morgan fingerprint density at radius 1 is 1.38 bits per heavy atom. The molecule has 1 atom stereocenters. The molecule has 1 rings (SSSR count). The lowest BCUT2D eigenvalue weighted by Gasteiger charge is -2.19. The molecule has 2 nitrogen and oxygen atoms in total. The number of anilines is 2. The zero-order chi connectivity index (χ0) is 12.3. The van der Waals surface area contributed by atoms with Crippen molar-refractivity contribution in [1.29, 1.82) is 0 Å². The SMILES string of the molecule is Cc1cccc(N)c1NC(C)CC(F)(F)F. The van der Waals surface area contributed by atoms with Crippen molar-refractivity contribution >= 4 is 11.4 Å². The molecule has 1 unspecified atom stereocenters. The van der Waals surface area contributed by atoms with Gasteiger partial charge in [0.25, 0.3) is 0 Å². The summed E-state index contributed by atoms with van der Waals surface area (Å²) in [5.41, 5.74) is 7.58. The number of hydrogen-bond donors (Lipinski definition) is 2. The Bertz CT molecular complexity index is 340. The molecular formula is C11H15F3N2. The Hall–Kier alpha value is -1.39. The molecule has 0 saturated carbocycles. The van der Waals surface area contributed by atoms with Gasteiger partial charge in [-0.3, -0.25) is 0 Å². The molecular weight excluding hydrogens is 217 g/mol. The van der Waals surface area contributed by atoms with Crippen LogP contribution >= 0.6 is 0 Å². The molecule has 0 aliphatic rings. The minimum Gasteiger partial charge on any atom is -0.397 e. The summed E-state index contributed by atoms with van der Waals surface area (Å²) >= 11 is 0. The van der Waals surface area contributed by atoms with E-state index in [-0.39, 0.29) is 0 Å². The van der Waals surface area contributed by atoms with Gasteiger partial charge < -0.3 is 11.1 Å². The fourth-order valence-corrected chi connectivity index (χ4v) is 1.53. The van der Waals surface area contributed by atoms with Crippen LogP contribution in [-0.4, -0.2) is 12.2 Å². The van der Waals surface area contributed by atoms with Gasteiger partial charge in [-0.15, -0.1) is 0 Å². The molecule has 0 fully saturated rings. The zero-order valence-corrected chi connectivity index (χ0v) is 9.23. The zero-order valence-electron chi connectivity index (χ0n) is 9.23. The molecule has 1 aromatic rings. The fraction of sp³-hybridized carbons (Fsp3) is 0.455. The van der Waals surface area contributed by atoms with Crippen LogP contribution in [-0.2, 0) is 0 Å². The van der Waals surface area contributed by atoms with Gasteiger partial charge in [0.1, 0.15) is 0 Å². The van der Waals surface area contributed by atoms with Gasteiger partial charge in [-0.25, -0.2) is 0 Å². The van der Waals surface area contributed by atoms with Crippen LogP contribution in [0.3, 0.4) is 0 Å². The lowest BCUT2D eigenvalue weighted by atomic mass is 10.1. The highest BCUT2D eigenvalue weighted by molar-refractivity contribution is 5.70. The van der Waals surface area contributed by atoms with Gasteiger partial charge in [0.05, 0.1) is 17.8 Å². The Balaban J connectivity index is 2.73. The lowest BCUT2D eigenvalue weighted by molar-refractivity contribution is -0.136. The monoisotopic (exact) mass is 232 g/mol. The van der Waals surface area contributed by atoms with E-state index in [2.05, 4.69) is 5.32 Å². The molecule has 0 spiro atoms. The third-order valence-corrected chi connectivity index (χ3v) is 2.23. The van der Waals surface area contributed by atoms with Crippen molar-refractivity contribution in [3.05, 3.63) is 23.8 Å². The van der Waals surface area contributed by atoms with Crippen molar-refractivity contribution in [2.24, 2.45) is 0 Å². The summed E-state index contributed by atoms with van der Waals surface area (Å²) in [6, 6.07) is 4.54. The molecule has 90 valence electrons. The maximum absolute atomic E-state index is 12.1. The number of rotatable bonds is 3. The van der Waals surface area contributed by atoms with Crippen molar-refractivity contribution in [1.82, 2.24) is 0 Å². The van der Waals surface area contributed by atoms with Crippen LogP contribution in [0.15, 0.2) is 18.2 Å². The molecule has 0 heterocycles. The molecule has 0 radical (unpaired) electrons. The second kappa shape index (κ2) is 4.63. The summed E-state index contributed by atoms with van der Waals surface area (Å²) in [5.74, 6) is 0. The van der Waals surface area contributed by atoms with E-state index in [0.29, 0.717) is 11.4 Å². The first-order valence-electron chi connectivity index (χ1n) is 4.98. The summed E-state index contributed by atoms with van der Waals surface area (Å²) in [6.07, 6.45) is -5.04. The van der Waals surface area contributed by atoms with Crippen LogP contribution in [0.2, 0.25) is 0 Å². The molecule has 1 aromatic carbocycles. The number of aryl methyl sites for hydroxylation is 1. The van der Waals surface area contributed by atoms with E-state index in [1.165, 1.54) is 6.92 Å². The van der Waals surface area contributed by atoms with Crippen molar-refractivity contribution < 1.29 is 13.2 Å². The summed E-state index contributed by atoms with van der Waals surface area (Å²) < 4.78 is 36.4. The molecule has 3 N–H and O–H groups in total. The fourth-order valence-electron chi connectivity index (χ4n) is 1.53. The highest BCUT2D eigenvalue weighted by atomic mass is 19.4. The molecule has 0 aliphatic carbocycles. The third-order valence-electron chi connectivity index (χ3n) is 2.23. The molecule has 0 aliphatic heterocycles. The second-order valence-corrected chi connectivity index (χ2v) is 3.90. The van der Waals surface area contributed by atoms with E-state index >= 15 is 0 Å². The highest BCUT2D eigenvalue weighted by Gasteiger charge is 2.30. The molecule has 0 aromatic heterocycles. The second-order valence-electron chi connectivity index (χ2n) is 3.90. The van der Waals surface area contributed by atoms with Gasteiger partial charge in [0.2, 0.25) is 0 Å². The smallest absolute Gasteiger partial charge is 0.391 e. The first-order valence-corrected chi connectivity index (χ1v) is 4.98. The van der Waals surface area contributed by atoms with Crippen LogP contribution < -0.4 is 11.1 Å². The van der Waals surface area contributed by atoms with Crippen LogP contribution in [0.25, 0.3) is 0 Å². The van der Waals surface area contributed by atoms with Crippen LogP contribution in [0.1, 0.15) is 18.9 Å². The van der Waals surface area contributed by atoms with E-state index in [1.54, 1.807) is 25.1 Å². The topological polar surface area (TPSA) is 38.0 Å². The summed E-state index contributed by atoms with van der Waals surface area (Å²) in [6.45, 7) is 3.29. The predicted octanol–water partition coefficient (Wildman–Crippen LogP) is 3.33. The van der Waals surface area contributed by atoms with Gasteiger partial charge in [-0.05, 0) is 25.5 Å². The lowest BCUT2D eigenvalue weighted by Crippen LogP contribution is -2.24. The number of hydrogen-bond acceptors (Lipinski definition) is 2. The Morgan fingerprint density at radius 3 is 2.50 bits per heavy atom. The highest BCUT2D eigenvalue weighted by Crippen LogP contribution is 2.27. The average molecular weight is 232 g/mol. The normalized spacial score (nSPS) is 13.6. The van der Waals surface area contributed by atoms with Crippen molar-refractivity contribution in [2.45, 2.75) is 32.5 Å². The maximum atomic E-state index is 12.1. The van der Waals surface area contributed by atoms with Gasteiger partial charge in [0.15, 0.2) is 0 Å². The number of halogens is 3. The summed E-state index contributed by atoms with van der Waals surface area (Å²) in [4.78, 5) is 0. The van der Waals surface area contributed by atoms with E-state index in [0.717, 1.165) is 5.56 Å². The van der Waals surface area contributed by atoms with E-state index in [9.17, 15) is 13.2 Å². The molecule has 16 heavy (non-hydrogen) atoms. The van der Waals surface area contributed by atoms with Gasteiger partial charge in [-0.2, -0.15) is 13.2 Å². The number of nitrogen functional groups attached to an aromatic ring is 1. The molecule has 0 bridgehead atoms. The van der Waals surface area contributed by atoms with Gasteiger partial charge in [-0.1, -0.05) is 12.1 Å². The Morgan fingerprint density at radius 2 is 2.00 bits per heavy atom. The van der Waals surface area contributed by atoms with Gasteiger partial charge in [0, 0.05) is 6.04 Å². The Kier molecular flexibility index (Phi) is 3.67. The first-order chi connectivity index (χ1) is 7.29. The standard InChI is InChI=1S/C11H15F3N2/c1-7-4-3-5-9(15)10(7)16-8(2)6-11(12,13)14/h3-5,8,16H,6,15H2,1-2H3. The largest absolute Gasteiger partial charge is 0.397 e. The molecule has 5 heteroatoms. The van der Waals surface area contributed by atoms with Crippen molar-refractivity contribution in [3.63, 3.8) is 0 Å².